The Hall–Kier alpha value is -1.35. The highest BCUT2D eigenvalue weighted by Crippen LogP contribution is 2.13. The van der Waals surface area contributed by atoms with E-state index in [0.717, 1.165) is 18.6 Å². The summed E-state index contributed by atoms with van der Waals surface area (Å²) in [7, 11) is 1.97. The van der Waals surface area contributed by atoms with E-state index in [1.165, 1.54) is 5.56 Å². The summed E-state index contributed by atoms with van der Waals surface area (Å²) >= 11 is 0. The Labute approximate surface area is 97.5 Å². The molecule has 0 fully saturated rings. The van der Waals surface area contributed by atoms with Gasteiger partial charge in [-0.3, -0.25) is 4.98 Å². The zero-order chi connectivity index (χ0) is 11.8. The minimum Gasteiger partial charge on any atom is -0.492 e. The average Bonchev–Trinajstić information content (AvgIpc) is 2.29. The van der Waals surface area contributed by atoms with Crippen LogP contribution >= 0.6 is 0 Å². The van der Waals surface area contributed by atoms with E-state index in [1.807, 2.05) is 32.3 Å². The van der Waals surface area contributed by atoms with Crippen LogP contribution in [0.5, 0.6) is 5.75 Å². The molecule has 0 aliphatic rings. The Morgan fingerprint density at radius 2 is 2.38 bits per heavy atom. The highest BCUT2D eigenvalue weighted by molar-refractivity contribution is 5.24. The minimum atomic E-state index is 0.413. The maximum absolute atomic E-state index is 5.42. The monoisotopic (exact) mass is 220 g/mol. The van der Waals surface area contributed by atoms with Gasteiger partial charge in [-0.15, -0.1) is 6.58 Å². The topological polar surface area (TPSA) is 34.1 Å². The van der Waals surface area contributed by atoms with Gasteiger partial charge in [0.25, 0.3) is 0 Å². The van der Waals surface area contributed by atoms with Crippen molar-refractivity contribution in [1.82, 2.24) is 10.3 Å². The highest BCUT2D eigenvalue weighted by atomic mass is 16.5. The van der Waals surface area contributed by atoms with Gasteiger partial charge in [-0.05, 0) is 38.4 Å². The number of nitrogens with zero attached hydrogens (tertiary/aromatic N) is 1. The maximum Gasteiger partial charge on any atom is 0.137 e. The Morgan fingerprint density at radius 1 is 1.56 bits per heavy atom. The van der Waals surface area contributed by atoms with Gasteiger partial charge < -0.3 is 10.1 Å². The summed E-state index contributed by atoms with van der Waals surface area (Å²) in [6.07, 6.45) is 7.46. The third kappa shape index (κ3) is 4.03. The van der Waals surface area contributed by atoms with Gasteiger partial charge in [-0.25, -0.2) is 0 Å². The first-order valence-corrected chi connectivity index (χ1v) is 5.65. The van der Waals surface area contributed by atoms with Gasteiger partial charge in [0, 0.05) is 12.2 Å². The van der Waals surface area contributed by atoms with Crippen molar-refractivity contribution in [3.63, 3.8) is 0 Å². The molecule has 0 unspecified atom stereocenters. The summed E-state index contributed by atoms with van der Waals surface area (Å²) < 4.78 is 5.42. The van der Waals surface area contributed by atoms with Gasteiger partial charge in [0.2, 0.25) is 0 Å². The number of hydrogen-bond acceptors (Lipinski definition) is 3. The van der Waals surface area contributed by atoms with E-state index in [0.29, 0.717) is 12.6 Å². The fraction of sp³-hybridized carbons (Fsp3) is 0.462. The predicted molar refractivity (Wildman–Crippen MR) is 66.8 cm³/mol. The van der Waals surface area contributed by atoms with Crippen LogP contribution in [0.2, 0.25) is 0 Å². The van der Waals surface area contributed by atoms with E-state index >= 15 is 0 Å². The largest absolute Gasteiger partial charge is 0.492 e. The summed E-state index contributed by atoms with van der Waals surface area (Å²) in [5.74, 6) is 0.841. The van der Waals surface area contributed by atoms with Crippen LogP contribution in [0.4, 0.5) is 0 Å². The van der Waals surface area contributed by atoms with Gasteiger partial charge in [0.1, 0.15) is 5.75 Å². The Bertz CT molecular complexity index is 325. The summed E-state index contributed by atoms with van der Waals surface area (Å²) in [6, 6.07) is 2.46. The number of aromatic nitrogens is 1. The van der Waals surface area contributed by atoms with Crippen LogP contribution in [-0.4, -0.2) is 24.7 Å². The molecule has 0 bridgehead atoms. The van der Waals surface area contributed by atoms with Crippen LogP contribution < -0.4 is 10.1 Å². The SMILES string of the molecule is C=CC[C@@H](Cc1cncc(OCC)c1)NC. The number of rotatable bonds is 7. The molecule has 3 nitrogen and oxygen atoms in total. The first-order valence-electron chi connectivity index (χ1n) is 5.65. The molecule has 0 aliphatic heterocycles. The molecule has 16 heavy (non-hydrogen) atoms. The number of nitrogens with one attached hydrogen (secondary N) is 1. The molecule has 1 aromatic rings. The van der Waals surface area contributed by atoms with Crippen LogP contribution in [0, 0.1) is 0 Å². The number of likely N-dealkylation sites (N-methyl/N-ethyl adjacent to an activating group) is 1. The zero-order valence-corrected chi connectivity index (χ0v) is 10.1. The van der Waals surface area contributed by atoms with E-state index in [2.05, 4.69) is 16.9 Å². The zero-order valence-electron chi connectivity index (χ0n) is 10.1. The minimum absolute atomic E-state index is 0.413. The van der Waals surface area contributed by atoms with Crippen LogP contribution in [0.25, 0.3) is 0 Å². The number of pyridine rings is 1. The third-order valence-electron chi connectivity index (χ3n) is 2.42. The summed E-state index contributed by atoms with van der Waals surface area (Å²) in [4.78, 5) is 4.17. The molecule has 0 aliphatic carbocycles. The molecule has 1 aromatic heterocycles. The lowest BCUT2D eigenvalue weighted by molar-refractivity contribution is 0.338. The molecule has 0 radical (unpaired) electrons. The fourth-order valence-electron chi connectivity index (χ4n) is 1.61. The van der Waals surface area contributed by atoms with Crippen molar-refractivity contribution in [2.45, 2.75) is 25.8 Å². The van der Waals surface area contributed by atoms with Crippen molar-refractivity contribution in [2.75, 3.05) is 13.7 Å². The quantitative estimate of drug-likeness (QED) is 0.715. The lowest BCUT2D eigenvalue weighted by Crippen LogP contribution is -2.26. The third-order valence-corrected chi connectivity index (χ3v) is 2.42. The predicted octanol–water partition coefficient (Wildman–Crippen LogP) is 2.19. The smallest absolute Gasteiger partial charge is 0.137 e. The van der Waals surface area contributed by atoms with Gasteiger partial charge >= 0.3 is 0 Å². The Morgan fingerprint density at radius 3 is 3.00 bits per heavy atom. The van der Waals surface area contributed by atoms with E-state index < -0.39 is 0 Å². The highest BCUT2D eigenvalue weighted by Gasteiger charge is 2.06. The van der Waals surface area contributed by atoms with Crippen molar-refractivity contribution in [3.8, 4) is 5.75 Å². The molecule has 1 heterocycles. The van der Waals surface area contributed by atoms with Crippen LogP contribution in [0.3, 0.4) is 0 Å². The normalized spacial score (nSPS) is 12.1. The second-order valence-electron chi connectivity index (χ2n) is 3.68. The number of hydrogen-bond donors (Lipinski definition) is 1. The molecule has 0 saturated heterocycles. The lowest BCUT2D eigenvalue weighted by atomic mass is 10.1. The first-order chi connectivity index (χ1) is 7.80. The second-order valence-corrected chi connectivity index (χ2v) is 3.68. The van der Waals surface area contributed by atoms with Crippen molar-refractivity contribution in [2.24, 2.45) is 0 Å². The fourth-order valence-corrected chi connectivity index (χ4v) is 1.61. The van der Waals surface area contributed by atoms with Gasteiger partial charge in [-0.2, -0.15) is 0 Å². The van der Waals surface area contributed by atoms with Crippen molar-refractivity contribution in [3.05, 3.63) is 36.7 Å². The van der Waals surface area contributed by atoms with Crippen molar-refractivity contribution < 1.29 is 4.74 Å². The lowest BCUT2D eigenvalue weighted by Gasteiger charge is -2.14. The molecule has 1 N–H and O–H groups in total. The van der Waals surface area contributed by atoms with E-state index in [-0.39, 0.29) is 0 Å². The van der Waals surface area contributed by atoms with E-state index in [4.69, 9.17) is 4.74 Å². The average molecular weight is 220 g/mol. The van der Waals surface area contributed by atoms with Crippen molar-refractivity contribution >= 4 is 0 Å². The van der Waals surface area contributed by atoms with E-state index in [1.54, 1.807) is 6.20 Å². The molecule has 88 valence electrons. The van der Waals surface area contributed by atoms with Gasteiger partial charge in [0.05, 0.1) is 12.8 Å². The molecule has 0 saturated carbocycles. The van der Waals surface area contributed by atoms with Crippen LogP contribution in [0.1, 0.15) is 18.9 Å². The molecule has 1 rings (SSSR count). The van der Waals surface area contributed by atoms with Crippen LogP contribution in [0.15, 0.2) is 31.1 Å². The Kier molecular flexibility index (Phi) is 5.57. The summed E-state index contributed by atoms with van der Waals surface area (Å²) in [5, 5.41) is 3.26. The molecule has 0 amide bonds. The standard InChI is InChI=1S/C13H20N2O/c1-4-6-12(14-3)7-11-8-13(16-5-2)10-15-9-11/h4,8-10,12,14H,1,5-7H2,2-3H3/t12-/m0/s1. The molecule has 1 atom stereocenters. The van der Waals surface area contributed by atoms with E-state index in [9.17, 15) is 0 Å². The summed E-state index contributed by atoms with van der Waals surface area (Å²) in [6.45, 7) is 6.40. The second kappa shape index (κ2) is 7.01. The summed E-state index contributed by atoms with van der Waals surface area (Å²) in [5.41, 5.74) is 1.19. The Balaban J connectivity index is 2.64. The first kappa shape index (κ1) is 12.7. The molecule has 0 aromatic carbocycles. The maximum atomic E-state index is 5.42. The molecular formula is C13H20N2O. The molecule has 3 heteroatoms. The van der Waals surface area contributed by atoms with Gasteiger partial charge in [-0.1, -0.05) is 6.08 Å². The molecular weight excluding hydrogens is 200 g/mol. The molecule has 0 spiro atoms. The van der Waals surface area contributed by atoms with Crippen molar-refractivity contribution in [1.29, 1.82) is 0 Å². The van der Waals surface area contributed by atoms with Crippen LogP contribution in [-0.2, 0) is 6.42 Å². The van der Waals surface area contributed by atoms with Gasteiger partial charge in [0.15, 0.2) is 0 Å². The number of ether oxygens (including phenoxy) is 1.